The summed E-state index contributed by atoms with van der Waals surface area (Å²) in [6.45, 7) is 8.05. The topological polar surface area (TPSA) is 37.4 Å². The van der Waals surface area contributed by atoms with Gasteiger partial charge in [-0.15, -0.1) is 0 Å². The Balaban J connectivity index is 2.35. The van der Waals surface area contributed by atoms with Crippen molar-refractivity contribution in [3.05, 3.63) is 35.4 Å². The first kappa shape index (κ1) is 16.7. The molecule has 1 aliphatic carbocycles. The van der Waals surface area contributed by atoms with Gasteiger partial charge in [-0.05, 0) is 46.6 Å². The van der Waals surface area contributed by atoms with E-state index in [-0.39, 0.29) is 29.7 Å². The van der Waals surface area contributed by atoms with Crippen molar-refractivity contribution in [1.29, 1.82) is 0 Å². The van der Waals surface area contributed by atoms with E-state index in [1.54, 1.807) is 6.07 Å². The molecule has 0 bridgehead atoms. The molecule has 1 aromatic carbocycles. The third-order valence-electron chi connectivity index (χ3n) is 4.50. The number of carbonyl (C=O) groups is 2. The largest absolute Gasteiger partial charge is 0.334 e. The summed E-state index contributed by atoms with van der Waals surface area (Å²) in [5.41, 5.74) is 1.16. The third kappa shape index (κ3) is 3.40. The molecule has 22 heavy (non-hydrogen) atoms. The highest BCUT2D eigenvalue weighted by molar-refractivity contribution is 6.09. The molecule has 0 aromatic heterocycles. The van der Waals surface area contributed by atoms with Crippen LogP contribution in [0.4, 0.5) is 0 Å². The Hall–Kier alpha value is -1.64. The first-order valence-corrected chi connectivity index (χ1v) is 8.39. The number of hydrogen-bond acceptors (Lipinski definition) is 2. The number of carbonyl (C=O) groups excluding carboxylic acids is 2. The monoisotopic (exact) mass is 301 g/mol. The van der Waals surface area contributed by atoms with Crippen molar-refractivity contribution in [3.63, 3.8) is 0 Å². The van der Waals surface area contributed by atoms with Gasteiger partial charge in [-0.2, -0.15) is 0 Å². The zero-order valence-corrected chi connectivity index (χ0v) is 14.1. The number of Topliss-reactive ketones (excluding diaryl/α,β-unsaturated/α-hetero) is 1. The zero-order chi connectivity index (χ0) is 16.3. The number of rotatable bonds is 5. The van der Waals surface area contributed by atoms with E-state index < -0.39 is 0 Å². The highest BCUT2D eigenvalue weighted by Crippen LogP contribution is 2.29. The van der Waals surface area contributed by atoms with Crippen LogP contribution in [0.3, 0.4) is 0 Å². The van der Waals surface area contributed by atoms with E-state index in [2.05, 4.69) is 0 Å². The van der Waals surface area contributed by atoms with Crippen LogP contribution in [0.1, 0.15) is 74.1 Å². The Labute approximate surface area is 133 Å². The van der Waals surface area contributed by atoms with Crippen LogP contribution in [0.25, 0.3) is 0 Å². The van der Waals surface area contributed by atoms with E-state index in [9.17, 15) is 9.59 Å². The second-order valence-electron chi connectivity index (χ2n) is 6.79. The van der Waals surface area contributed by atoms with E-state index in [0.717, 1.165) is 25.7 Å². The minimum absolute atomic E-state index is 0.0352. The molecular weight excluding hydrogens is 274 g/mol. The Bertz CT molecular complexity index is 534. The van der Waals surface area contributed by atoms with Gasteiger partial charge in [0.1, 0.15) is 0 Å². The van der Waals surface area contributed by atoms with Gasteiger partial charge in [0.15, 0.2) is 5.78 Å². The second kappa shape index (κ2) is 7.08. The molecule has 0 N–H and O–H groups in total. The summed E-state index contributed by atoms with van der Waals surface area (Å²) in [5.74, 6) is 0.210. The lowest BCUT2D eigenvalue weighted by molar-refractivity contribution is 0.0638. The molecule has 0 spiro atoms. The van der Waals surface area contributed by atoms with Crippen molar-refractivity contribution in [1.82, 2.24) is 4.90 Å². The van der Waals surface area contributed by atoms with Crippen molar-refractivity contribution in [2.75, 3.05) is 0 Å². The van der Waals surface area contributed by atoms with Crippen LogP contribution in [-0.4, -0.2) is 28.7 Å². The fraction of sp³-hybridized carbons (Fsp3) is 0.579. The molecule has 120 valence electrons. The highest BCUT2D eigenvalue weighted by Gasteiger charge is 2.29. The van der Waals surface area contributed by atoms with Crippen molar-refractivity contribution >= 4 is 11.7 Å². The van der Waals surface area contributed by atoms with Gasteiger partial charge in [0.2, 0.25) is 0 Å². The van der Waals surface area contributed by atoms with Crippen LogP contribution in [-0.2, 0) is 0 Å². The summed E-state index contributed by atoms with van der Waals surface area (Å²) in [6, 6.07) is 7.53. The van der Waals surface area contributed by atoms with Crippen molar-refractivity contribution < 1.29 is 9.59 Å². The average Bonchev–Trinajstić information content (AvgIpc) is 2.99. The van der Waals surface area contributed by atoms with E-state index in [1.807, 2.05) is 50.8 Å². The predicted octanol–water partition coefficient (Wildman–Crippen LogP) is 4.32. The predicted molar refractivity (Wildman–Crippen MR) is 89.2 cm³/mol. The summed E-state index contributed by atoms with van der Waals surface area (Å²) in [6.07, 6.45) is 4.16. The molecule has 0 saturated heterocycles. The van der Waals surface area contributed by atoms with Gasteiger partial charge in [0.05, 0.1) is 5.56 Å². The van der Waals surface area contributed by atoms with Crippen molar-refractivity contribution in [2.45, 2.75) is 65.5 Å². The Morgan fingerprint density at radius 3 is 1.95 bits per heavy atom. The zero-order valence-electron chi connectivity index (χ0n) is 14.1. The van der Waals surface area contributed by atoms with Gasteiger partial charge in [-0.25, -0.2) is 0 Å². The van der Waals surface area contributed by atoms with Gasteiger partial charge < -0.3 is 4.90 Å². The lowest BCUT2D eigenvalue weighted by Crippen LogP contribution is -2.42. The quantitative estimate of drug-likeness (QED) is 0.760. The maximum absolute atomic E-state index is 12.9. The van der Waals surface area contributed by atoms with Crippen LogP contribution >= 0.6 is 0 Å². The fourth-order valence-corrected chi connectivity index (χ4v) is 3.50. The SMILES string of the molecule is CC(C)N(C(=O)c1ccccc1C(=O)C1CCCC1)C(C)C. The molecule has 1 aliphatic rings. The molecule has 0 heterocycles. The van der Waals surface area contributed by atoms with E-state index in [0.29, 0.717) is 11.1 Å². The molecule has 3 heteroatoms. The molecular formula is C19H27NO2. The molecule has 1 aromatic rings. The Morgan fingerprint density at radius 2 is 1.45 bits per heavy atom. The third-order valence-corrected chi connectivity index (χ3v) is 4.50. The fourth-order valence-electron chi connectivity index (χ4n) is 3.50. The number of nitrogens with zero attached hydrogens (tertiary/aromatic N) is 1. The highest BCUT2D eigenvalue weighted by atomic mass is 16.2. The van der Waals surface area contributed by atoms with Crippen LogP contribution in [0.15, 0.2) is 24.3 Å². The maximum Gasteiger partial charge on any atom is 0.255 e. The summed E-state index contributed by atoms with van der Waals surface area (Å²) in [5, 5.41) is 0. The molecule has 1 saturated carbocycles. The minimum atomic E-state index is -0.0352. The second-order valence-corrected chi connectivity index (χ2v) is 6.79. The number of ketones is 1. The molecule has 1 amide bonds. The molecule has 0 atom stereocenters. The van der Waals surface area contributed by atoms with E-state index >= 15 is 0 Å². The Kier molecular flexibility index (Phi) is 5.38. The number of benzene rings is 1. The van der Waals surface area contributed by atoms with E-state index in [4.69, 9.17) is 0 Å². The van der Waals surface area contributed by atoms with Crippen molar-refractivity contribution in [2.24, 2.45) is 5.92 Å². The lowest BCUT2D eigenvalue weighted by Gasteiger charge is -2.31. The first-order chi connectivity index (χ1) is 10.4. The normalized spacial score (nSPS) is 15.5. The molecule has 0 aliphatic heterocycles. The number of hydrogen-bond donors (Lipinski definition) is 0. The lowest BCUT2D eigenvalue weighted by atomic mass is 9.92. The van der Waals surface area contributed by atoms with Gasteiger partial charge in [0.25, 0.3) is 5.91 Å². The smallest absolute Gasteiger partial charge is 0.255 e. The van der Waals surface area contributed by atoms with Gasteiger partial charge in [-0.3, -0.25) is 9.59 Å². The molecule has 1 fully saturated rings. The van der Waals surface area contributed by atoms with Crippen molar-refractivity contribution in [3.8, 4) is 0 Å². The van der Waals surface area contributed by atoms with E-state index in [1.165, 1.54) is 0 Å². The Morgan fingerprint density at radius 1 is 0.955 bits per heavy atom. The summed E-state index contributed by atoms with van der Waals surface area (Å²) in [7, 11) is 0. The molecule has 0 unspecified atom stereocenters. The minimum Gasteiger partial charge on any atom is -0.334 e. The van der Waals surface area contributed by atoms with Crippen LogP contribution in [0.5, 0.6) is 0 Å². The van der Waals surface area contributed by atoms with Gasteiger partial charge >= 0.3 is 0 Å². The summed E-state index contributed by atoms with van der Waals surface area (Å²) in [4.78, 5) is 27.6. The molecule has 2 rings (SSSR count). The maximum atomic E-state index is 12.9. The molecule has 3 nitrogen and oxygen atoms in total. The summed E-state index contributed by atoms with van der Waals surface area (Å²) >= 11 is 0. The number of amides is 1. The van der Waals surface area contributed by atoms with Crippen LogP contribution in [0.2, 0.25) is 0 Å². The molecule has 0 radical (unpaired) electrons. The summed E-state index contributed by atoms with van der Waals surface area (Å²) < 4.78 is 0. The first-order valence-electron chi connectivity index (χ1n) is 8.39. The standard InChI is InChI=1S/C19H27NO2/c1-13(2)20(14(3)4)19(22)17-12-8-7-11-16(17)18(21)15-9-5-6-10-15/h7-8,11-15H,5-6,9-10H2,1-4H3. The average molecular weight is 301 g/mol. The van der Waals surface area contributed by atoms with Crippen LogP contribution in [0, 0.1) is 5.92 Å². The van der Waals surface area contributed by atoms with Crippen LogP contribution < -0.4 is 0 Å². The van der Waals surface area contributed by atoms with Gasteiger partial charge in [0, 0.05) is 23.6 Å². The van der Waals surface area contributed by atoms with Gasteiger partial charge in [-0.1, -0.05) is 31.0 Å².